The lowest BCUT2D eigenvalue weighted by molar-refractivity contribution is -0.132. The van der Waals surface area contributed by atoms with Gasteiger partial charge < -0.3 is 14.9 Å². The Bertz CT molecular complexity index is 314. The van der Waals surface area contributed by atoms with Crippen LogP contribution in [-0.4, -0.2) is 52.5 Å². The van der Waals surface area contributed by atoms with E-state index in [9.17, 15) is 9.59 Å². The second-order valence-corrected chi connectivity index (χ2v) is 3.93. The maximum atomic E-state index is 11.4. The standard InChI is InChI=1S/C10H14N2O3/c13-9-2-1-8-7-11(4-3-10(14)15)5-6-12(8)9/h3-4,8H,1-2,5-7H2,(H,14,15)/b4-3+. The fraction of sp³-hybridized carbons (Fsp3) is 0.600. The van der Waals surface area contributed by atoms with Crippen LogP contribution in [0, 0.1) is 0 Å². The molecule has 0 aliphatic carbocycles. The molecular formula is C10H14N2O3. The quantitative estimate of drug-likeness (QED) is 0.646. The van der Waals surface area contributed by atoms with Crippen molar-refractivity contribution in [2.24, 2.45) is 0 Å². The SMILES string of the molecule is O=C(O)/C=C/N1CCN2C(=O)CCC2C1. The first kappa shape index (κ1) is 10.0. The summed E-state index contributed by atoms with van der Waals surface area (Å²) in [5.74, 6) is -0.693. The molecule has 0 spiro atoms. The van der Waals surface area contributed by atoms with E-state index >= 15 is 0 Å². The van der Waals surface area contributed by atoms with E-state index < -0.39 is 5.97 Å². The van der Waals surface area contributed by atoms with Crippen LogP contribution in [0.5, 0.6) is 0 Å². The molecule has 5 nitrogen and oxygen atoms in total. The van der Waals surface area contributed by atoms with Crippen molar-refractivity contribution in [2.75, 3.05) is 19.6 Å². The third kappa shape index (κ3) is 2.11. The molecule has 0 aromatic rings. The van der Waals surface area contributed by atoms with Crippen LogP contribution < -0.4 is 0 Å². The molecule has 1 N–H and O–H groups in total. The van der Waals surface area contributed by atoms with Crippen molar-refractivity contribution in [1.29, 1.82) is 0 Å². The van der Waals surface area contributed by atoms with E-state index in [0.717, 1.165) is 25.6 Å². The van der Waals surface area contributed by atoms with Gasteiger partial charge in [0.15, 0.2) is 0 Å². The molecule has 15 heavy (non-hydrogen) atoms. The smallest absolute Gasteiger partial charge is 0.329 e. The number of carboxylic acids is 1. The van der Waals surface area contributed by atoms with Gasteiger partial charge in [0.2, 0.25) is 5.91 Å². The molecule has 0 aromatic heterocycles. The molecule has 0 radical (unpaired) electrons. The number of aliphatic carboxylic acids is 1. The average Bonchev–Trinajstić information content (AvgIpc) is 2.57. The predicted octanol–water partition coefficient (Wildman–Crippen LogP) is -0.109. The fourth-order valence-electron chi connectivity index (χ4n) is 2.19. The van der Waals surface area contributed by atoms with Crippen LogP contribution in [0.15, 0.2) is 12.3 Å². The molecule has 0 aromatic carbocycles. The zero-order valence-corrected chi connectivity index (χ0v) is 8.43. The van der Waals surface area contributed by atoms with Crippen molar-refractivity contribution in [3.63, 3.8) is 0 Å². The topological polar surface area (TPSA) is 60.9 Å². The highest BCUT2D eigenvalue weighted by atomic mass is 16.4. The lowest BCUT2D eigenvalue weighted by Gasteiger charge is -2.36. The molecule has 1 amide bonds. The van der Waals surface area contributed by atoms with Gasteiger partial charge in [0, 0.05) is 44.4 Å². The number of fused-ring (bicyclic) bond motifs is 1. The second kappa shape index (κ2) is 3.92. The Morgan fingerprint density at radius 2 is 2.27 bits per heavy atom. The number of hydrogen-bond donors (Lipinski definition) is 1. The molecule has 0 bridgehead atoms. The Morgan fingerprint density at radius 3 is 3.00 bits per heavy atom. The van der Waals surface area contributed by atoms with Gasteiger partial charge in [0.25, 0.3) is 0 Å². The second-order valence-electron chi connectivity index (χ2n) is 3.93. The van der Waals surface area contributed by atoms with Gasteiger partial charge in [-0.3, -0.25) is 4.79 Å². The van der Waals surface area contributed by atoms with Gasteiger partial charge in [-0.1, -0.05) is 0 Å². The van der Waals surface area contributed by atoms with Crippen molar-refractivity contribution in [2.45, 2.75) is 18.9 Å². The van der Waals surface area contributed by atoms with Gasteiger partial charge in [-0.2, -0.15) is 0 Å². The minimum atomic E-state index is -0.931. The third-order valence-electron chi connectivity index (χ3n) is 2.95. The molecule has 2 heterocycles. The highest BCUT2D eigenvalue weighted by Crippen LogP contribution is 2.22. The number of rotatable bonds is 2. The Morgan fingerprint density at radius 1 is 1.47 bits per heavy atom. The van der Waals surface area contributed by atoms with E-state index in [1.54, 1.807) is 6.20 Å². The molecule has 0 saturated carbocycles. The van der Waals surface area contributed by atoms with E-state index in [1.165, 1.54) is 0 Å². The van der Waals surface area contributed by atoms with Crippen LogP contribution >= 0.6 is 0 Å². The van der Waals surface area contributed by atoms with Gasteiger partial charge >= 0.3 is 5.97 Å². The summed E-state index contributed by atoms with van der Waals surface area (Å²) in [4.78, 5) is 25.6. The number of amides is 1. The van der Waals surface area contributed by atoms with Crippen molar-refractivity contribution in [1.82, 2.24) is 9.80 Å². The first-order chi connectivity index (χ1) is 7.16. The first-order valence-electron chi connectivity index (χ1n) is 5.11. The number of carbonyl (C=O) groups excluding carboxylic acids is 1. The van der Waals surface area contributed by atoms with Crippen molar-refractivity contribution >= 4 is 11.9 Å². The van der Waals surface area contributed by atoms with Gasteiger partial charge in [-0.25, -0.2) is 4.79 Å². The zero-order valence-electron chi connectivity index (χ0n) is 8.43. The van der Waals surface area contributed by atoms with E-state index in [1.807, 2.05) is 9.80 Å². The summed E-state index contributed by atoms with van der Waals surface area (Å²) in [5, 5.41) is 8.50. The normalized spacial score (nSPS) is 26.1. The molecule has 5 heteroatoms. The van der Waals surface area contributed by atoms with Crippen LogP contribution in [0.4, 0.5) is 0 Å². The minimum Gasteiger partial charge on any atom is -0.478 e. The Kier molecular flexibility index (Phi) is 2.62. The van der Waals surface area contributed by atoms with Crippen molar-refractivity contribution in [3.05, 3.63) is 12.3 Å². The highest BCUT2D eigenvalue weighted by molar-refractivity contribution is 5.80. The van der Waals surface area contributed by atoms with Gasteiger partial charge in [0.05, 0.1) is 0 Å². The molecule has 2 saturated heterocycles. The molecule has 2 fully saturated rings. The van der Waals surface area contributed by atoms with Gasteiger partial charge in [-0.05, 0) is 6.42 Å². The highest BCUT2D eigenvalue weighted by Gasteiger charge is 2.34. The summed E-state index contributed by atoms with van der Waals surface area (Å²) >= 11 is 0. The summed E-state index contributed by atoms with van der Waals surface area (Å²) < 4.78 is 0. The molecule has 1 atom stereocenters. The summed E-state index contributed by atoms with van der Waals surface area (Å²) in [7, 11) is 0. The number of hydrogen-bond acceptors (Lipinski definition) is 3. The number of nitrogens with zero attached hydrogens (tertiary/aromatic N) is 2. The van der Waals surface area contributed by atoms with E-state index in [0.29, 0.717) is 13.0 Å². The molecule has 2 aliphatic heterocycles. The summed E-state index contributed by atoms with van der Waals surface area (Å²) in [6.45, 7) is 2.20. The molecule has 2 aliphatic rings. The summed E-state index contributed by atoms with van der Waals surface area (Å²) in [6, 6.07) is 0.282. The van der Waals surface area contributed by atoms with Crippen LogP contribution in [0.2, 0.25) is 0 Å². The van der Waals surface area contributed by atoms with E-state index in [-0.39, 0.29) is 11.9 Å². The largest absolute Gasteiger partial charge is 0.478 e. The average molecular weight is 210 g/mol. The summed E-state index contributed by atoms with van der Waals surface area (Å²) in [5.41, 5.74) is 0. The Hall–Kier alpha value is -1.52. The molecule has 2 rings (SSSR count). The zero-order chi connectivity index (χ0) is 10.8. The summed E-state index contributed by atoms with van der Waals surface area (Å²) in [6.07, 6.45) is 4.28. The number of carbonyl (C=O) groups is 2. The van der Waals surface area contributed by atoms with Gasteiger partial charge in [0.1, 0.15) is 0 Å². The van der Waals surface area contributed by atoms with Crippen molar-refractivity contribution < 1.29 is 14.7 Å². The number of piperazine rings is 1. The maximum Gasteiger partial charge on any atom is 0.329 e. The van der Waals surface area contributed by atoms with E-state index in [4.69, 9.17) is 5.11 Å². The lowest BCUT2D eigenvalue weighted by atomic mass is 10.2. The Balaban J connectivity index is 1.93. The maximum absolute atomic E-state index is 11.4. The fourth-order valence-corrected chi connectivity index (χ4v) is 2.19. The van der Waals surface area contributed by atoms with Crippen molar-refractivity contribution in [3.8, 4) is 0 Å². The van der Waals surface area contributed by atoms with Crippen LogP contribution in [-0.2, 0) is 9.59 Å². The molecular weight excluding hydrogens is 196 g/mol. The van der Waals surface area contributed by atoms with E-state index in [2.05, 4.69) is 0 Å². The van der Waals surface area contributed by atoms with Crippen LogP contribution in [0.3, 0.4) is 0 Å². The molecule has 82 valence electrons. The monoisotopic (exact) mass is 210 g/mol. The van der Waals surface area contributed by atoms with Gasteiger partial charge in [-0.15, -0.1) is 0 Å². The van der Waals surface area contributed by atoms with Crippen LogP contribution in [0.25, 0.3) is 0 Å². The van der Waals surface area contributed by atoms with Crippen LogP contribution in [0.1, 0.15) is 12.8 Å². The molecule has 1 unspecified atom stereocenters. The third-order valence-corrected chi connectivity index (χ3v) is 2.95. The lowest BCUT2D eigenvalue weighted by Crippen LogP contribution is -2.49. The Labute approximate surface area is 88.0 Å². The minimum absolute atomic E-state index is 0.238. The first-order valence-corrected chi connectivity index (χ1v) is 5.11. The predicted molar refractivity (Wildman–Crippen MR) is 53.1 cm³/mol. The number of carboxylic acid groups (broad SMARTS) is 1.